The molecule has 0 saturated carbocycles. The molecule has 1 fully saturated rings. The largest absolute Gasteiger partial charge is 0.373 e. The van der Waals surface area contributed by atoms with Gasteiger partial charge in [-0.3, -0.25) is 0 Å². The Labute approximate surface area is 172 Å². The lowest BCUT2D eigenvalue weighted by Gasteiger charge is -2.30. The molecule has 0 spiro atoms. The quantitative estimate of drug-likeness (QED) is 0.464. The van der Waals surface area contributed by atoms with Crippen molar-refractivity contribution in [2.24, 2.45) is 0 Å². The Hall–Kier alpha value is -3.47. The van der Waals surface area contributed by atoms with Gasteiger partial charge in [-0.25, -0.2) is 24.0 Å². The van der Waals surface area contributed by atoms with E-state index in [2.05, 4.69) is 20.8 Å². The van der Waals surface area contributed by atoms with Crippen molar-refractivity contribution < 1.29 is 8.78 Å². The van der Waals surface area contributed by atoms with Gasteiger partial charge in [-0.1, -0.05) is 6.07 Å². The number of anilines is 1. The summed E-state index contributed by atoms with van der Waals surface area (Å²) in [5.74, 6) is 1.46. The summed E-state index contributed by atoms with van der Waals surface area (Å²) in [7, 11) is 0. The zero-order chi connectivity index (χ0) is 20.8. The van der Waals surface area contributed by atoms with Crippen LogP contribution in [0, 0.1) is 29.8 Å². The fourth-order valence-corrected chi connectivity index (χ4v) is 4.11. The molecular formula is C22H18BF2N5. The van der Waals surface area contributed by atoms with Crippen LogP contribution in [0.25, 0.3) is 27.8 Å². The van der Waals surface area contributed by atoms with Crippen LogP contribution < -0.4 is 4.90 Å². The van der Waals surface area contributed by atoms with Crippen molar-refractivity contribution >= 4 is 29.0 Å². The van der Waals surface area contributed by atoms with Crippen LogP contribution in [0.15, 0.2) is 42.7 Å². The van der Waals surface area contributed by atoms with E-state index in [0.29, 0.717) is 16.6 Å². The first-order chi connectivity index (χ1) is 14.5. The molecule has 4 aromatic rings. The van der Waals surface area contributed by atoms with Gasteiger partial charge >= 0.3 is 0 Å². The zero-order valence-corrected chi connectivity index (χ0v) is 16.4. The highest BCUT2D eigenvalue weighted by Crippen LogP contribution is 2.29. The third kappa shape index (κ3) is 3.16. The number of aryl methyl sites for hydroxylation is 1. The maximum Gasteiger partial charge on any atom is 0.271 e. The molecule has 30 heavy (non-hydrogen) atoms. The molecule has 3 aromatic heterocycles. The predicted molar refractivity (Wildman–Crippen MR) is 114 cm³/mol. The first-order valence-corrected chi connectivity index (χ1v) is 9.92. The molecule has 0 aliphatic carbocycles. The van der Waals surface area contributed by atoms with Crippen LogP contribution in [0.2, 0.25) is 12.6 Å². The van der Waals surface area contributed by atoms with Gasteiger partial charge in [-0.15, -0.1) is 0 Å². The Balaban J connectivity index is 1.52. The van der Waals surface area contributed by atoms with E-state index < -0.39 is 11.6 Å². The minimum atomic E-state index is -0.445. The minimum Gasteiger partial charge on any atom is -0.373 e. The van der Waals surface area contributed by atoms with Crippen molar-refractivity contribution in [2.75, 3.05) is 18.0 Å². The van der Waals surface area contributed by atoms with E-state index in [0.717, 1.165) is 37.1 Å². The van der Waals surface area contributed by atoms with E-state index in [9.17, 15) is 8.78 Å². The number of rotatable bonds is 2. The minimum absolute atomic E-state index is 0.0767. The molecule has 0 atom stereocenters. The summed E-state index contributed by atoms with van der Waals surface area (Å²) in [5.41, 5.74) is 3.08. The smallest absolute Gasteiger partial charge is 0.271 e. The van der Waals surface area contributed by atoms with E-state index in [1.54, 1.807) is 29.8 Å². The summed E-state index contributed by atoms with van der Waals surface area (Å²) in [6.07, 6.45) is 5.06. The van der Waals surface area contributed by atoms with Crippen LogP contribution in [-0.2, 0) is 0 Å². The van der Waals surface area contributed by atoms with Gasteiger partial charge in [-0.05, 0) is 43.8 Å². The molecule has 148 valence electrons. The standard InChI is InChI=1S/C22H18BF2N5/c1-14-11-30-12-16(9-19(25)22(30)27-14)20-3-2-15-8-17(10-18(24)21(15)28-20)29-6-4-23(13-26)5-7-29/h2-3,8-12H,4-7H2,1H3. The van der Waals surface area contributed by atoms with Crippen molar-refractivity contribution in [3.8, 4) is 17.2 Å². The van der Waals surface area contributed by atoms with Gasteiger partial charge in [0, 0.05) is 48.1 Å². The maximum atomic E-state index is 14.9. The molecule has 5 rings (SSSR count). The SMILES string of the molecule is Cc1cn2cc(-c3ccc4cc(N5CCB(C#N)CC5)cc(F)c4n3)cc(F)c2n1. The number of nitrogens with zero attached hydrogens (tertiary/aromatic N) is 5. The molecule has 1 aliphatic heterocycles. The maximum absolute atomic E-state index is 14.9. The van der Waals surface area contributed by atoms with Crippen molar-refractivity contribution in [1.82, 2.24) is 14.4 Å². The molecule has 0 bridgehead atoms. The van der Waals surface area contributed by atoms with Crippen LogP contribution in [0.5, 0.6) is 0 Å². The highest BCUT2D eigenvalue weighted by atomic mass is 19.1. The van der Waals surface area contributed by atoms with Crippen molar-refractivity contribution in [3.63, 3.8) is 0 Å². The second-order valence-electron chi connectivity index (χ2n) is 7.78. The normalized spacial score (nSPS) is 14.5. The molecule has 1 aliphatic rings. The van der Waals surface area contributed by atoms with Crippen molar-refractivity contribution in [1.29, 1.82) is 5.26 Å². The van der Waals surface area contributed by atoms with Gasteiger partial charge in [0.1, 0.15) is 5.52 Å². The highest BCUT2D eigenvalue weighted by Gasteiger charge is 2.23. The van der Waals surface area contributed by atoms with Crippen LogP contribution in [0.4, 0.5) is 14.5 Å². The molecule has 4 heterocycles. The monoisotopic (exact) mass is 401 g/mol. The van der Waals surface area contributed by atoms with E-state index in [1.165, 1.54) is 12.1 Å². The van der Waals surface area contributed by atoms with Crippen LogP contribution >= 0.6 is 0 Å². The Morgan fingerprint density at radius 1 is 1.03 bits per heavy atom. The topological polar surface area (TPSA) is 57.2 Å². The van der Waals surface area contributed by atoms with E-state index in [1.807, 2.05) is 12.1 Å². The molecular weight excluding hydrogens is 383 g/mol. The number of halogens is 2. The first-order valence-electron chi connectivity index (χ1n) is 9.92. The number of hydrogen-bond acceptors (Lipinski definition) is 4. The van der Waals surface area contributed by atoms with Crippen LogP contribution in [0.3, 0.4) is 0 Å². The summed E-state index contributed by atoms with van der Waals surface area (Å²) in [6.45, 7) is 3.35. The Morgan fingerprint density at radius 3 is 2.60 bits per heavy atom. The second kappa shape index (κ2) is 7.10. The van der Waals surface area contributed by atoms with Gasteiger partial charge in [0.2, 0.25) is 0 Å². The fraction of sp³-hybridized carbons (Fsp3) is 0.227. The number of fused-ring (bicyclic) bond motifs is 2. The van der Waals surface area contributed by atoms with E-state index in [4.69, 9.17) is 5.26 Å². The molecule has 5 nitrogen and oxygen atoms in total. The summed E-state index contributed by atoms with van der Waals surface area (Å²) in [6, 6.07) is 8.38. The average molecular weight is 401 g/mol. The lowest BCUT2D eigenvalue weighted by atomic mass is 9.45. The first kappa shape index (κ1) is 18.6. The van der Waals surface area contributed by atoms with Crippen molar-refractivity contribution in [3.05, 3.63) is 60.1 Å². The summed E-state index contributed by atoms with van der Waals surface area (Å²) < 4.78 is 31.0. The number of aromatic nitrogens is 3. The summed E-state index contributed by atoms with van der Waals surface area (Å²) in [5, 5.41) is 9.76. The number of hydrogen-bond donors (Lipinski definition) is 0. The molecule has 1 aromatic carbocycles. The molecule has 0 amide bonds. The average Bonchev–Trinajstić information content (AvgIpc) is 3.14. The van der Waals surface area contributed by atoms with Crippen LogP contribution in [-0.4, -0.2) is 34.2 Å². The summed E-state index contributed by atoms with van der Waals surface area (Å²) in [4.78, 5) is 10.7. The number of benzene rings is 1. The molecule has 0 unspecified atom stereocenters. The third-order valence-corrected chi connectivity index (χ3v) is 5.70. The number of pyridine rings is 2. The highest BCUT2D eigenvalue weighted by molar-refractivity contribution is 6.67. The van der Waals surface area contributed by atoms with Gasteiger partial charge in [0.15, 0.2) is 17.3 Å². The number of imidazole rings is 1. The summed E-state index contributed by atoms with van der Waals surface area (Å²) >= 11 is 0. The van der Waals surface area contributed by atoms with Gasteiger partial charge in [0.25, 0.3) is 6.71 Å². The molecule has 1 saturated heterocycles. The fourth-order valence-electron chi connectivity index (χ4n) is 4.11. The van der Waals surface area contributed by atoms with Gasteiger partial charge < -0.3 is 9.30 Å². The lowest BCUT2D eigenvalue weighted by molar-refractivity contribution is 0.630. The Kier molecular flexibility index (Phi) is 4.39. The molecule has 0 N–H and O–H groups in total. The Morgan fingerprint density at radius 2 is 1.83 bits per heavy atom. The predicted octanol–water partition coefficient (Wildman–Crippen LogP) is 4.51. The molecule has 8 heteroatoms. The van der Waals surface area contributed by atoms with E-state index in [-0.39, 0.29) is 17.9 Å². The van der Waals surface area contributed by atoms with Gasteiger partial charge in [0.05, 0.1) is 11.4 Å². The third-order valence-electron chi connectivity index (χ3n) is 5.70. The number of nitriles is 1. The van der Waals surface area contributed by atoms with Gasteiger partial charge in [-0.2, -0.15) is 0 Å². The second-order valence-corrected chi connectivity index (χ2v) is 7.78. The van der Waals surface area contributed by atoms with Crippen LogP contribution in [0.1, 0.15) is 5.69 Å². The molecule has 0 radical (unpaired) electrons. The zero-order valence-electron chi connectivity index (χ0n) is 16.4. The van der Waals surface area contributed by atoms with E-state index >= 15 is 0 Å². The Bertz CT molecular complexity index is 1320. The van der Waals surface area contributed by atoms with Crippen molar-refractivity contribution in [2.45, 2.75) is 19.6 Å². The lowest BCUT2D eigenvalue weighted by Crippen LogP contribution is -2.36.